The summed E-state index contributed by atoms with van der Waals surface area (Å²) in [6.07, 6.45) is 1.89. The van der Waals surface area contributed by atoms with Gasteiger partial charge in [0.05, 0.1) is 11.1 Å². The Hall–Kier alpha value is -1.44. The van der Waals surface area contributed by atoms with E-state index in [1.165, 1.54) is 15.9 Å². The Balaban J connectivity index is 1.83. The number of benzene rings is 1. The number of H-pyrrole nitrogens is 1. The zero-order chi connectivity index (χ0) is 15.3. The summed E-state index contributed by atoms with van der Waals surface area (Å²) in [7, 11) is 0. The quantitative estimate of drug-likeness (QED) is 0.591. The van der Waals surface area contributed by atoms with Crippen LogP contribution in [-0.4, -0.2) is 22.3 Å². The van der Waals surface area contributed by atoms with Crippen LogP contribution in [0.25, 0.3) is 10.9 Å². The molecule has 0 aliphatic heterocycles. The Kier molecular flexibility index (Phi) is 5.33. The maximum Gasteiger partial charge on any atom is 0.104 e. The third-order valence-corrected chi connectivity index (χ3v) is 4.46. The van der Waals surface area contributed by atoms with Crippen LogP contribution < -0.4 is 5.32 Å². The molecule has 0 aliphatic carbocycles. The molecular weight excluding hydrogens is 278 g/mol. The number of hydrogen-bond donors (Lipinski definition) is 2. The van der Waals surface area contributed by atoms with E-state index in [4.69, 9.17) is 0 Å². The van der Waals surface area contributed by atoms with Crippen molar-refractivity contribution in [1.29, 1.82) is 5.26 Å². The first-order chi connectivity index (χ1) is 10.0. The zero-order valence-electron chi connectivity index (χ0n) is 12.9. The molecule has 2 N–H and O–H groups in total. The van der Waals surface area contributed by atoms with Crippen LogP contribution in [-0.2, 0) is 0 Å². The molecule has 1 aromatic heterocycles. The predicted octanol–water partition coefficient (Wildman–Crippen LogP) is 4.32. The summed E-state index contributed by atoms with van der Waals surface area (Å²) in [4.78, 5) is 3.42. The van der Waals surface area contributed by atoms with E-state index < -0.39 is 5.54 Å². The maximum atomic E-state index is 9.32. The average molecular weight is 301 g/mol. The van der Waals surface area contributed by atoms with Crippen LogP contribution in [0.1, 0.15) is 33.6 Å². The number of nitriles is 1. The van der Waals surface area contributed by atoms with Gasteiger partial charge in [-0.1, -0.05) is 18.2 Å². The van der Waals surface area contributed by atoms with Crippen LogP contribution in [0, 0.1) is 11.3 Å². The number of hydrogen-bond acceptors (Lipinski definition) is 3. The van der Waals surface area contributed by atoms with Crippen LogP contribution in [0.15, 0.2) is 35.4 Å². The maximum absolute atomic E-state index is 9.32. The Morgan fingerprint density at radius 2 is 2.14 bits per heavy atom. The topological polar surface area (TPSA) is 51.6 Å². The minimum atomic E-state index is -0.421. The molecule has 0 radical (unpaired) electrons. The van der Waals surface area contributed by atoms with Crippen molar-refractivity contribution in [3.8, 4) is 6.07 Å². The lowest BCUT2D eigenvalue weighted by atomic mass is 9.97. The van der Waals surface area contributed by atoms with E-state index >= 15 is 0 Å². The van der Waals surface area contributed by atoms with E-state index in [1.54, 1.807) is 0 Å². The first kappa shape index (κ1) is 15.9. The van der Waals surface area contributed by atoms with E-state index in [2.05, 4.69) is 54.5 Å². The van der Waals surface area contributed by atoms with Gasteiger partial charge in [-0.15, -0.1) is 11.8 Å². The summed E-state index contributed by atoms with van der Waals surface area (Å²) in [6, 6.07) is 13.2. The summed E-state index contributed by atoms with van der Waals surface area (Å²) in [6.45, 7) is 6.14. The van der Waals surface area contributed by atoms with Crippen molar-refractivity contribution in [2.45, 2.75) is 50.2 Å². The van der Waals surface area contributed by atoms with Crippen LogP contribution in [0.2, 0.25) is 0 Å². The second kappa shape index (κ2) is 7.02. The molecule has 0 amide bonds. The Morgan fingerprint density at radius 1 is 1.38 bits per heavy atom. The molecule has 0 aliphatic rings. The van der Waals surface area contributed by atoms with Gasteiger partial charge in [-0.25, -0.2) is 0 Å². The highest BCUT2D eigenvalue weighted by Gasteiger charge is 2.23. The van der Waals surface area contributed by atoms with Gasteiger partial charge in [0, 0.05) is 16.9 Å². The first-order valence-corrected chi connectivity index (χ1v) is 8.40. The average Bonchev–Trinajstić information content (AvgIpc) is 2.85. The smallest absolute Gasteiger partial charge is 0.104 e. The molecule has 2 aromatic rings. The fourth-order valence-electron chi connectivity index (χ4n) is 2.53. The summed E-state index contributed by atoms with van der Waals surface area (Å²) >= 11 is 1.82. The molecule has 4 heteroatoms. The number of nitrogens with zero attached hydrogens (tertiary/aromatic N) is 1. The number of thioether (sulfide) groups is 1. The van der Waals surface area contributed by atoms with E-state index in [1.807, 2.05) is 24.8 Å². The standard InChI is InChI=1S/C17H23N3S/c1-13(2)20-17(3,12-18)9-6-10-21-16-11-14-7-4-5-8-15(14)19-16/h4-5,7-8,11,13,19-20H,6,9-10H2,1-3H3. The zero-order valence-corrected chi connectivity index (χ0v) is 13.8. The molecule has 1 heterocycles. The Morgan fingerprint density at radius 3 is 2.81 bits per heavy atom. The largest absolute Gasteiger partial charge is 0.350 e. The fraction of sp³-hybridized carbons (Fsp3) is 0.471. The van der Waals surface area contributed by atoms with Crippen molar-refractivity contribution in [2.75, 3.05) is 5.75 Å². The molecule has 1 aromatic carbocycles. The van der Waals surface area contributed by atoms with Gasteiger partial charge in [-0.2, -0.15) is 5.26 Å². The lowest BCUT2D eigenvalue weighted by molar-refractivity contribution is 0.380. The molecule has 21 heavy (non-hydrogen) atoms. The van der Waals surface area contributed by atoms with Crippen LogP contribution >= 0.6 is 11.8 Å². The summed E-state index contributed by atoms with van der Waals surface area (Å²) < 4.78 is 0. The van der Waals surface area contributed by atoms with Gasteiger partial charge < -0.3 is 4.98 Å². The van der Waals surface area contributed by atoms with Crippen LogP contribution in [0.4, 0.5) is 0 Å². The molecule has 0 saturated carbocycles. The summed E-state index contributed by atoms with van der Waals surface area (Å²) in [5.74, 6) is 1.02. The van der Waals surface area contributed by atoms with E-state index in [0.29, 0.717) is 6.04 Å². The number of rotatable bonds is 7. The molecular formula is C17H23N3S. The second-order valence-corrected chi connectivity index (χ2v) is 7.05. The number of aromatic nitrogens is 1. The number of aromatic amines is 1. The lowest BCUT2D eigenvalue weighted by Gasteiger charge is -2.25. The van der Waals surface area contributed by atoms with Gasteiger partial charge in [0.2, 0.25) is 0 Å². The summed E-state index contributed by atoms with van der Waals surface area (Å²) in [5, 5.41) is 15.1. The number of para-hydroxylation sites is 1. The van der Waals surface area contributed by atoms with Crippen molar-refractivity contribution >= 4 is 22.7 Å². The van der Waals surface area contributed by atoms with Crippen molar-refractivity contribution in [3.63, 3.8) is 0 Å². The normalized spacial score (nSPS) is 14.2. The summed E-state index contributed by atoms with van der Waals surface area (Å²) in [5.41, 5.74) is 0.762. The second-order valence-electron chi connectivity index (χ2n) is 5.92. The molecule has 2 rings (SSSR count). The molecule has 1 atom stereocenters. The molecule has 0 spiro atoms. The monoisotopic (exact) mass is 301 g/mol. The predicted molar refractivity (Wildman–Crippen MR) is 90.5 cm³/mol. The van der Waals surface area contributed by atoms with Gasteiger partial charge in [-0.3, -0.25) is 5.32 Å². The SMILES string of the molecule is CC(C)NC(C)(C#N)CCCSc1cc2ccccc2[nH]1. The van der Waals surface area contributed by atoms with Crippen molar-refractivity contribution in [2.24, 2.45) is 0 Å². The highest BCUT2D eigenvalue weighted by atomic mass is 32.2. The number of fused-ring (bicyclic) bond motifs is 1. The van der Waals surface area contributed by atoms with Gasteiger partial charge in [-0.05, 0) is 51.5 Å². The first-order valence-electron chi connectivity index (χ1n) is 7.42. The van der Waals surface area contributed by atoms with E-state index in [9.17, 15) is 5.26 Å². The van der Waals surface area contributed by atoms with Crippen molar-refractivity contribution < 1.29 is 0 Å². The molecule has 3 nitrogen and oxygen atoms in total. The van der Waals surface area contributed by atoms with Gasteiger partial charge in [0.1, 0.15) is 5.54 Å². The molecule has 0 fully saturated rings. The minimum absolute atomic E-state index is 0.330. The third kappa shape index (κ3) is 4.52. The van der Waals surface area contributed by atoms with E-state index in [0.717, 1.165) is 18.6 Å². The highest BCUT2D eigenvalue weighted by molar-refractivity contribution is 7.99. The van der Waals surface area contributed by atoms with Gasteiger partial charge in [0.25, 0.3) is 0 Å². The van der Waals surface area contributed by atoms with Gasteiger partial charge >= 0.3 is 0 Å². The molecule has 0 bridgehead atoms. The molecule has 112 valence electrons. The Bertz CT molecular complexity index is 593. The highest BCUT2D eigenvalue weighted by Crippen LogP contribution is 2.25. The van der Waals surface area contributed by atoms with Crippen LogP contribution in [0.3, 0.4) is 0 Å². The third-order valence-electron chi connectivity index (χ3n) is 3.44. The van der Waals surface area contributed by atoms with E-state index in [-0.39, 0.29) is 0 Å². The van der Waals surface area contributed by atoms with Crippen molar-refractivity contribution in [3.05, 3.63) is 30.3 Å². The lowest BCUT2D eigenvalue weighted by Crippen LogP contribution is -2.44. The fourth-order valence-corrected chi connectivity index (χ4v) is 3.43. The van der Waals surface area contributed by atoms with Crippen molar-refractivity contribution in [1.82, 2.24) is 10.3 Å². The molecule has 0 saturated heterocycles. The minimum Gasteiger partial charge on any atom is -0.350 e. The number of nitrogens with one attached hydrogen (secondary N) is 2. The molecule has 1 unspecified atom stereocenters. The van der Waals surface area contributed by atoms with Gasteiger partial charge in [0.15, 0.2) is 0 Å². The van der Waals surface area contributed by atoms with Crippen LogP contribution in [0.5, 0.6) is 0 Å². The Labute approximate surface area is 131 Å².